The Labute approximate surface area is 139 Å². The van der Waals surface area contributed by atoms with Gasteiger partial charge in [0.15, 0.2) is 0 Å². The summed E-state index contributed by atoms with van der Waals surface area (Å²) in [5.41, 5.74) is -0.776. The van der Waals surface area contributed by atoms with Crippen molar-refractivity contribution >= 4 is 44.5 Å². The first-order valence-electron chi connectivity index (χ1n) is 6.43. The Hall–Kier alpha value is -1.85. The Balaban J connectivity index is 2.39. The van der Waals surface area contributed by atoms with Crippen molar-refractivity contribution in [3.63, 3.8) is 0 Å². The van der Waals surface area contributed by atoms with E-state index in [4.69, 9.17) is 11.6 Å². The number of nitrogens with zero attached hydrogens (tertiary/aromatic N) is 2. The second-order valence-electron chi connectivity index (χ2n) is 4.43. The van der Waals surface area contributed by atoms with Crippen LogP contribution in [0, 0.1) is 0 Å². The second-order valence-corrected chi connectivity index (χ2v) is 5.76. The minimum absolute atomic E-state index is 0.0213. The number of H-pyrrole nitrogens is 1. The number of nitrogens with one attached hydrogen (secondary N) is 2. The SMILES string of the molecule is CCCn1c(=O)[nH]c([As])c(NC(=O)c2ccc(Cl)nc2)c1=O. The monoisotopic (exact) mass is 382 g/mol. The van der Waals surface area contributed by atoms with Crippen molar-refractivity contribution in [1.29, 1.82) is 0 Å². The molecule has 0 aliphatic carbocycles. The molecule has 9 heteroatoms. The van der Waals surface area contributed by atoms with E-state index in [1.54, 1.807) is 0 Å². The van der Waals surface area contributed by atoms with Crippen LogP contribution in [0.2, 0.25) is 5.15 Å². The van der Waals surface area contributed by atoms with Crippen molar-refractivity contribution in [2.45, 2.75) is 19.9 Å². The van der Waals surface area contributed by atoms with Crippen molar-refractivity contribution in [1.82, 2.24) is 14.5 Å². The van der Waals surface area contributed by atoms with Crippen LogP contribution >= 0.6 is 11.6 Å². The van der Waals surface area contributed by atoms with E-state index in [0.29, 0.717) is 6.42 Å². The van der Waals surface area contributed by atoms with Crippen molar-refractivity contribution in [2.75, 3.05) is 5.32 Å². The Morgan fingerprint density at radius 2 is 2.18 bits per heavy atom. The molecule has 2 aromatic heterocycles. The molecule has 0 atom stereocenters. The van der Waals surface area contributed by atoms with Gasteiger partial charge in [-0.25, -0.2) is 0 Å². The van der Waals surface area contributed by atoms with Gasteiger partial charge in [-0.3, -0.25) is 0 Å². The van der Waals surface area contributed by atoms with Gasteiger partial charge in [0.05, 0.1) is 0 Å². The van der Waals surface area contributed by atoms with Crippen LogP contribution in [0.25, 0.3) is 0 Å². The summed E-state index contributed by atoms with van der Waals surface area (Å²) in [5, 5.41) is 2.76. The van der Waals surface area contributed by atoms with Crippen LogP contribution in [0.5, 0.6) is 0 Å². The van der Waals surface area contributed by atoms with E-state index >= 15 is 0 Å². The third kappa shape index (κ3) is 3.48. The number of anilines is 1. The van der Waals surface area contributed by atoms with Gasteiger partial charge in [-0.1, -0.05) is 0 Å². The number of carbonyl (C=O) groups is 1. The number of carbonyl (C=O) groups excluding carboxylic acids is 1. The molecule has 0 spiro atoms. The summed E-state index contributed by atoms with van der Waals surface area (Å²) in [5.74, 6) is -0.510. The van der Waals surface area contributed by atoms with Crippen LogP contribution in [-0.4, -0.2) is 37.3 Å². The number of hydrogen-bond acceptors (Lipinski definition) is 4. The fraction of sp³-hybridized carbons (Fsp3) is 0.231. The number of aromatic amines is 1. The molecule has 0 fully saturated rings. The number of rotatable bonds is 4. The summed E-state index contributed by atoms with van der Waals surface area (Å²) >= 11 is 7.72. The molecule has 2 rings (SSSR count). The fourth-order valence-electron chi connectivity index (χ4n) is 1.79. The van der Waals surface area contributed by atoms with E-state index < -0.39 is 17.2 Å². The fourth-order valence-corrected chi connectivity index (χ4v) is 2.43. The molecule has 0 aliphatic rings. The molecule has 1 amide bonds. The van der Waals surface area contributed by atoms with E-state index in [-0.39, 0.29) is 27.4 Å². The maximum atomic E-state index is 12.3. The van der Waals surface area contributed by atoms with Gasteiger partial charge < -0.3 is 0 Å². The first-order valence-corrected chi connectivity index (χ1v) is 7.74. The molecule has 2 aromatic rings. The molecule has 0 aliphatic heterocycles. The van der Waals surface area contributed by atoms with Gasteiger partial charge in [0, 0.05) is 0 Å². The molecule has 2 N–H and O–H groups in total. The average Bonchev–Trinajstić information content (AvgIpc) is 2.48. The maximum absolute atomic E-state index is 12.3. The third-order valence-corrected chi connectivity index (χ3v) is 3.77. The zero-order chi connectivity index (χ0) is 16.3. The van der Waals surface area contributed by atoms with Crippen LogP contribution in [0.3, 0.4) is 0 Å². The van der Waals surface area contributed by atoms with Crippen LogP contribution in [0.15, 0.2) is 27.9 Å². The summed E-state index contributed by atoms with van der Waals surface area (Å²) in [6, 6.07) is 2.97. The Morgan fingerprint density at radius 3 is 2.77 bits per heavy atom. The second kappa shape index (κ2) is 6.94. The molecule has 0 saturated carbocycles. The van der Waals surface area contributed by atoms with Gasteiger partial charge in [0.1, 0.15) is 0 Å². The van der Waals surface area contributed by atoms with Gasteiger partial charge in [-0.2, -0.15) is 0 Å². The Morgan fingerprint density at radius 1 is 1.45 bits per heavy atom. The summed E-state index contributed by atoms with van der Waals surface area (Å²) in [6.45, 7) is 2.12. The molecule has 22 heavy (non-hydrogen) atoms. The third-order valence-electron chi connectivity index (χ3n) is 2.84. The predicted molar refractivity (Wildman–Crippen MR) is 84.2 cm³/mol. The molecule has 0 unspecified atom stereocenters. The molecule has 7 nitrogen and oxygen atoms in total. The van der Waals surface area contributed by atoms with E-state index in [9.17, 15) is 14.4 Å². The normalized spacial score (nSPS) is 10.5. The standard InChI is InChI=1S/C13H12AsClN4O3/c1-2-5-19-12(21)9(10(14)18-13(19)22)17-11(20)7-3-4-8(15)16-6-7/h3-4,6H,2,5H2,1H3,(H,17,20)(H,18,22). The van der Waals surface area contributed by atoms with Gasteiger partial charge in [-0.05, 0) is 0 Å². The molecule has 2 heterocycles. The zero-order valence-electron chi connectivity index (χ0n) is 11.6. The van der Waals surface area contributed by atoms with Crippen molar-refractivity contribution < 1.29 is 4.79 Å². The summed E-state index contributed by atoms with van der Waals surface area (Å²) in [6.07, 6.45) is 1.92. The molecule has 0 aromatic carbocycles. The van der Waals surface area contributed by atoms with Crippen LogP contribution in [0.4, 0.5) is 5.69 Å². The number of halogens is 1. The molecular formula is C13H12AsClN4O3. The van der Waals surface area contributed by atoms with Crippen molar-refractivity contribution in [3.05, 3.63) is 49.9 Å². The topological polar surface area (TPSA) is 96.8 Å². The van der Waals surface area contributed by atoms with Crippen LogP contribution in [-0.2, 0) is 6.54 Å². The Kier molecular flexibility index (Phi) is 5.21. The van der Waals surface area contributed by atoms with E-state index in [1.165, 1.54) is 18.3 Å². The van der Waals surface area contributed by atoms with Crippen LogP contribution < -0.4 is 21.0 Å². The first-order chi connectivity index (χ1) is 10.4. The van der Waals surface area contributed by atoms with Gasteiger partial charge in [0.25, 0.3) is 0 Å². The predicted octanol–water partition coefficient (Wildman–Crippen LogP) is 0.0411. The summed E-state index contributed by atoms with van der Waals surface area (Å²) in [4.78, 5) is 42.5. The zero-order valence-corrected chi connectivity index (χ0v) is 14.2. The minimum atomic E-state index is -0.545. The van der Waals surface area contributed by atoms with E-state index in [2.05, 4.69) is 32.1 Å². The van der Waals surface area contributed by atoms with Gasteiger partial charge >= 0.3 is 139 Å². The number of amides is 1. The summed E-state index contributed by atoms with van der Waals surface area (Å²) < 4.78 is 1.29. The molecule has 0 bridgehead atoms. The summed E-state index contributed by atoms with van der Waals surface area (Å²) in [7, 11) is 0. The van der Waals surface area contributed by atoms with E-state index in [0.717, 1.165) is 4.57 Å². The average molecular weight is 383 g/mol. The van der Waals surface area contributed by atoms with E-state index in [1.807, 2.05) is 6.92 Å². The first kappa shape index (κ1) is 16.5. The van der Waals surface area contributed by atoms with Crippen molar-refractivity contribution in [2.24, 2.45) is 0 Å². The molecule has 2 radical (unpaired) electrons. The quantitative estimate of drug-likeness (QED) is 0.576. The van der Waals surface area contributed by atoms with Crippen molar-refractivity contribution in [3.8, 4) is 0 Å². The molecule has 114 valence electrons. The number of hydrogen-bond donors (Lipinski definition) is 2. The number of aromatic nitrogens is 3. The van der Waals surface area contributed by atoms with Gasteiger partial charge in [-0.15, -0.1) is 0 Å². The number of pyridine rings is 1. The van der Waals surface area contributed by atoms with Crippen LogP contribution in [0.1, 0.15) is 23.7 Å². The molecule has 0 saturated heterocycles. The molecular weight excluding hydrogens is 371 g/mol. The van der Waals surface area contributed by atoms with Gasteiger partial charge in [0.2, 0.25) is 0 Å². The Bertz CT molecular complexity index is 814.